The van der Waals surface area contributed by atoms with Crippen molar-refractivity contribution < 1.29 is 14.7 Å². The first-order valence-corrected chi connectivity index (χ1v) is 5.83. The predicted octanol–water partition coefficient (Wildman–Crippen LogP) is 1.46. The fraction of sp³-hybridized carbons (Fsp3) is 0.308. The first-order chi connectivity index (χ1) is 8.65. The summed E-state index contributed by atoms with van der Waals surface area (Å²) in [7, 11) is 0. The molecule has 1 aliphatic carbocycles. The molecule has 5 heteroatoms. The highest BCUT2D eigenvalue weighted by molar-refractivity contribution is 5.92. The molecule has 18 heavy (non-hydrogen) atoms. The van der Waals surface area contributed by atoms with Gasteiger partial charge >= 0.3 is 5.97 Å². The second-order valence-electron chi connectivity index (χ2n) is 4.25. The van der Waals surface area contributed by atoms with Crippen LogP contribution in [0.1, 0.15) is 35.3 Å². The third-order valence-electron chi connectivity index (χ3n) is 2.88. The van der Waals surface area contributed by atoms with E-state index in [1.54, 1.807) is 12.1 Å². The van der Waals surface area contributed by atoms with E-state index in [9.17, 15) is 9.59 Å². The lowest BCUT2D eigenvalue weighted by Gasteiger charge is -2.26. The van der Waals surface area contributed by atoms with Gasteiger partial charge in [0.25, 0.3) is 5.91 Å². The van der Waals surface area contributed by atoms with Gasteiger partial charge in [-0.15, -0.1) is 0 Å². The highest BCUT2D eigenvalue weighted by Gasteiger charge is 2.20. The molecule has 5 nitrogen and oxygen atoms in total. The van der Waals surface area contributed by atoms with Crippen LogP contribution in [0.4, 0.5) is 0 Å². The second kappa shape index (κ2) is 5.44. The lowest BCUT2D eigenvalue weighted by molar-refractivity contribution is -0.131. The number of aliphatic carboxylic acids is 1. The molecule has 94 valence electrons. The summed E-state index contributed by atoms with van der Waals surface area (Å²) in [5.74, 6) is -1.18. The zero-order chi connectivity index (χ0) is 13.0. The minimum Gasteiger partial charge on any atom is -0.478 e. The molecule has 1 heterocycles. The Balaban J connectivity index is 1.97. The molecule has 2 rings (SSSR count). The Kier molecular flexibility index (Phi) is 3.72. The molecule has 2 N–H and O–H groups in total. The Bertz CT molecular complexity index is 476. The van der Waals surface area contributed by atoms with Crippen LogP contribution < -0.4 is 5.32 Å². The van der Waals surface area contributed by atoms with Crippen LogP contribution >= 0.6 is 0 Å². The Morgan fingerprint density at radius 3 is 2.67 bits per heavy atom. The van der Waals surface area contributed by atoms with Crippen LogP contribution in [0, 0.1) is 0 Å². The number of nitrogens with one attached hydrogen (secondary N) is 1. The van der Waals surface area contributed by atoms with Crippen LogP contribution in [0.15, 0.2) is 24.4 Å². The van der Waals surface area contributed by atoms with Gasteiger partial charge in [-0.05, 0) is 37.0 Å². The summed E-state index contributed by atoms with van der Waals surface area (Å²) in [6.07, 6.45) is 7.18. The normalized spacial score (nSPS) is 15.3. The van der Waals surface area contributed by atoms with Gasteiger partial charge < -0.3 is 10.4 Å². The lowest BCUT2D eigenvalue weighted by Crippen LogP contribution is -2.39. The van der Waals surface area contributed by atoms with Gasteiger partial charge in [-0.3, -0.25) is 9.78 Å². The molecule has 0 atom stereocenters. The van der Waals surface area contributed by atoms with E-state index in [-0.39, 0.29) is 11.9 Å². The maximum atomic E-state index is 11.7. The minimum atomic E-state index is -1.01. The highest BCUT2D eigenvalue weighted by atomic mass is 16.4. The molecule has 1 fully saturated rings. The number of carboxylic acids is 1. The predicted molar refractivity (Wildman–Crippen MR) is 66.0 cm³/mol. The Labute approximate surface area is 105 Å². The topological polar surface area (TPSA) is 79.3 Å². The summed E-state index contributed by atoms with van der Waals surface area (Å²) in [4.78, 5) is 26.1. The van der Waals surface area contributed by atoms with E-state index in [4.69, 9.17) is 5.11 Å². The number of carboxylic acid groups (broad SMARTS) is 1. The molecule has 1 aliphatic rings. The number of amides is 1. The first kappa shape index (κ1) is 12.3. The standard InChI is InChI=1S/C13H14N2O3/c16-12(17)7-5-9-4-6-11(14-8-9)13(18)15-10-2-1-3-10/h4-8,10H,1-3H2,(H,15,18)(H,16,17). The van der Waals surface area contributed by atoms with Gasteiger partial charge in [0.05, 0.1) is 0 Å². The molecule has 0 saturated heterocycles. The van der Waals surface area contributed by atoms with Crippen molar-refractivity contribution in [1.82, 2.24) is 10.3 Å². The van der Waals surface area contributed by atoms with Crippen molar-refractivity contribution in [3.63, 3.8) is 0 Å². The van der Waals surface area contributed by atoms with E-state index < -0.39 is 5.97 Å². The summed E-state index contributed by atoms with van der Waals surface area (Å²) in [6.45, 7) is 0. The van der Waals surface area contributed by atoms with E-state index in [1.807, 2.05) is 0 Å². The van der Waals surface area contributed by atoms with Gasteiger partial charge in [0.1, 0.15) is 5.69 Å². The Morgan fingerprint density at radius 2 is 2.17 bits per heavy atom. The van der Waals surface area contributed by atoms with Gasteiger partial charge in [0, 0.05) is 18.3 Å². The zero-order valence-corrected chi connectivity index (χ0v) is 9.80. The Hall–Kier alpha value is -2.17. The summed E-state index contributed by atoms with van der Waals surface area (Å²) in [5.41, 5.74) is 1.01. The van der Waals surface area contributed by atoms with E-state index in [0.29, 0.717) is 11.3 Å². The molecule has 0 aliphatic heterocycles. The van der Waals surface area contributed by atoms with Gasteiger partial charge in [0.2, 0.25) is 0 Å². The lowest BCUT2D eigenvalue weighted by atomic mass is 9.93. The van der Waals surface area contributed by atoms with Crippen LogP contribution in [-0.4, -0.2) is 28.0 Å². The van der Waals surface area contributed by atoms with Crippen molar-refractivity contribution >= 4 is 18.0 Å². The number of hydrogen-bond acceptors (Lipinski definition) is 3. The number of nitrogens with zero attached hydrogens (tertiary/aromatic N) is 1. The van der Waals surface area contributed by atoms with Crippen LogP contribution in [0.3, 0.4) is 0 Å². The van der Waals surface area contributed by atoms with E-state index in [2.05, 4.69) is 10.3 Å². The second-order valence-corrected chi connectivity index (χ2v) is 4.25. The number of carbonyl (C=O) groups is 2. The molecule has 1 aromatic heterocycles. The fourth-order valence-electron chi connectivity index (χ4n) is 1.62. The van der Waals surface area contributed by atoms with Gasteiger partial charge in [-0.1, -0.05) is 6.07 Å². The third kappa shape index (κ3) is 3.16. The highest BCUT2D eigenvalue weighted by Crippen LogP contribution is 2.18. The van der Waals surface area contributed by atoms with Gasteiger partial charge in [0.15, 0.2) is 0 Å². The van der Waals surface area contributed by atoms with Crippen LogP contribution in [0.25, 0.3) is 6.08 Å². The Morgan fingerprint density at radius 1 is 1.39 bits per heavy atom. The van der Waals surface area contributed by atoms with Crippen molar-refractivity contribution in [2.75, 3.05) is 0 Å². The van der Waals surface area contributed by atoms with Crippen LogP contribution in [-0.2, 0) is 4.79 Å². The summed E-state index contributed by atoms with van der Waals surface area (Å²) >= 11 is 0. The van der Waals surface area contributed by atoms with Crippen molar-refractivity contribution in [3.05, 3.63) is 35.7 Å². The zero-order valence-electron chi connectivity index (χ0n) is 9.80. The molecule has 0 radical (unpaired) electrons. The van der Waals surface area contributed by atoms with Crippen molar-refractivity contribution in [3.8, 4) is 0 Å². The maximum Gasteiger partial charge on any atom is 0.328 e. The van der Waals surface area contributed by atoms with Gasteiger partial charge in [-0.2, -0.15) is 0 Å². The van der Waals surface area contributed by atoms with Crippen molar-refractivity contribution in [2.24, 2.45) is 0 Å². The largest absolute Gasteiger partial charge is 0.478 e. The molecule has 0 aromatic carbocycles. The van der Waals surface area contributed by atoms with Crippen molar-refractivity contribution in [1.29, 1.82) is 0 Å². The first-order valence-electron chi connectivity index (χ1n) is 5.83. The summed E-state index contributed by atoms with van der Waals surface area (Å²) < 4.78 is 0. The molecule has 0 spiro atoms. The smallest absolute Gasteiger partial charge is 0.328 e. The number of hydrogen-bond donors (Lipinski definition) is 2. The number of pyridine rings is 1. The van der Waals surface area contributed by atoms with Crippen molar-refractivity contribution in [2.45, 2.75) is 25.3 Å². The van der Waals surface area contributed by atoms with Crippen LogP contribution in [0.5, 0.6) is 0 Å². The summed E-state index contributed by atoms with van der Waals surface area (Å²) in [6, 6.07) is 3.54. The summed E-state index contributed by atoms with van der Waals surface area (Å²) in [5, 5.41) is 11.4. The maximum absolute atomic E-state index is 11.7. The van der Waals surface area contributed by atoms with Gasteiger partial charge in [-0.25, -0.2) is 4.79 Å². The minimum absolute atomic E-state index is 0.173. The van der Waals surface area contributed by atoms with E-state index in [1.165, 1.54) is 12.3 Å². The SMILES string of the molecule is O=C(O)C=Cc1ccc(C(=O)NC2CCC2)nc1. The average Bonchev–Trinajstić information content (AvgIpc) is 2.31. The molecular weight excluding hydrogens is 232 g/mol. The molecule has 0 bridgehead atoms. The quantitative estimate of drug-likeness (QED) is 0.788. The fourth-order valence-corrected chi connectivity index (χ4v) is 1.62. The molecule has 1 amide bonds. The molecule has 0 unspecified atom stereocenters. The monoisotopic (exact) mass is 246 g/mol. The van der Waals surface area contributed by atoms with E-state index in [0.717, 1.165) is 25.3 Å². The van der Waals surface area contributed by atoms with E-state index >= 15 is 0 Å². The molecule has 1 aromatic rings. The molecule has 1 saturated carbocycles. The average molecular weight is 246 g/mol. The number of rotatable bonds is 4. The number of carbonyl (C=O) groups excluding carboxylic acids is 1. The van der Waals surface area contributed by atoms with Crippen LogP contribution in [0.2, 0.25) is 0 Å². The third-order valence-corrected chi connectivity index (χ3v) is 2.88. The molecular formula is C13H14N2O3. The number of aromatic nitrogens is 1.